The first-order chi connectivity index (χ1) is 26.7. The highest BCUT2D eigenvalue weighted by atomic mass is 16.3. The molecule has 0 spiro atoms. The number of hydrogen-bond donors (Lipinski definition) is 0. The molecule has 0 fully saturated rings. The Morgan fingerprint density at radius 3 is 1.81 bits per heavy atom. The van der Waals surface area contributed by atoms with E-state index >= 15 is 0 Å². The average molecular weight is 560 g/mol. The maximum atomic E-state index is 9.30. The van der Waals surface area contributed by atoms with Crippen LogP contribution in [0.25, 0.3) is 87.6 Å². The van der Waals surface area contributed by atoms with E-state index in [4.69, 9.17) is 16.8 Å². The van der Waals surface area contributed by atoms with Crippen molar-refractivity contribution in [3.63, 3.8) is 0 Å². The van der Waals surface area contributed by atoms with E-state index in [-0.39, 0.29) is 74.5 Å². The molecule has 0 bridgehead atoms. The molecule has 0 N–H and O–H groups in total. The van der Waals surface area contributed by atoms with E-state index in [9.17, 15) is 5.48 Å². The summed E-state index contributed by atoms with van der Waals surface area (Å²) in [4.78, 5) is 0. The minimum atomic E-state index is -0.493. The number of hydrogen-bond acceptors (Lipinski definition) is 1. The zero-order chi connectivity index (χ0) is 39.6. The SMILES string of the molecule is [2H]c1c([2H])c([2H])c(-c2ccc3c(ccc4c3oc3cccc(-c5c6c([2H])c([2H])c([2H])c([2H])c6c(-c6ccccc6)c6c([2H])c([2H])c([2H])c([2H])c56)c34)c2)c([2H])c1[2H]. The Kier molecular flexibility index (Phi) is 3.18. The highest BCUT2D eigenvalue weighted by Gasteiger charge is 2.20. The molecule has 1 heteroatoms. The van der Waals surface area contributed by atoms with Crippen molar-refractivity contribution < 1.29 is 22.2 Å². The van der Waals surface area contributed by atoms with E-state index < -0.39 is 42.3 Å². The Balaban J connectivity index is 1.43. The molecule has 1 heterocycles. The lowest BCUT2D eigenvalue weighted by molar-refractivity contribution is 0.673. The van der Waals surface area contributed by atoms with Crippen LogP contribution in [0.5, 0.6) is 0 Å². The van der Waals surface area contributed by atoms with E-state index in [0.29, 0.717) is 49.4 Å². The Morgan fingerprint density at radius 1 is 0.442 bits per heavy atom. The number of benzene rings is 8. The van der Waals surface area contributed by atoms with Gasteiger partial charge in [0.05, 0.1) is 17.8 Å². The predicted octanol–water partition coefficient (Wildman–Crippen LogP) is 12.0. The minimum absolute atomic E-state index is 0.0664. The molecule has 0 aliphatic rings. The van der Waals surface area contributed by atoms with Crippen molar-refractivity contribution in [3.8, 4) is 33.4 Å². The van der Waals surface area contributed by atoms with Crippen LogP contribution in [-0.4, -0.2) is 0 Å². The van der Waals surface area contributed by atoms with E-state index in [1.54, 1.807) is 66.7 Å². The van der Waals surface area contributed by atoms with Gasteiger partial charge in [-0.25, -0.2) is 0 Å². The fourth-order valence-electron chi connectivity index (χ4n) is 6.16. The molecule has 9 aromatic rings. The van der Waals surface area contributed by atoms with Crippen LogP contribution in [0.3, 0.4) is 0 Å². The number of furan rings is 1. The lowest BCUT2D eigenvalue weighted by atomic mass is 9.85. The average Bonchev–Trinajstić information content (AvgIpc) is 3.60. The zero-order valence-electron chi connectivity index (χ0n) is 35.4. The molecule has 0 unspecified atom stereocenters. The van der Waals surface area contributed by atoms with Gasteiger partial charge in [0, 0.05) is 16.2 Å². The normalized spacial score (nSPS) is 16.0. The van der Waals surface area contributed by atoms with Gasteiger partial charge in [0.1, 0.15) is 11.2 Å². The van der Waals surface area contributed by atoms with Crippen molar-refractivity contribution in [1.82, 2.24) is 0 Å². The largest absolute Gasteiger partial charge is 0.455 e. The lowest BCUT2D eigenvalue weighted by Crippen LogP contribution is -1.91. The van der Waals surface area contributed by atoms with Gasteiger partial charge in [-0.05, 0) is 84.6 Å². The molecule has 0 amide bonds. The second-order valence-electron chi connectivity index (χ2n) is 10.3. The van der Waals surface area contributed by atoms with Crippen LogP contribution in [0.1, 0.15) is 17.8 Å². The van der Waals surface area contributed by atoms with Gasteiger partial charge in [0.15, 0.2) is 0 Å². The van der Waals surface area contributed by atoms with Crippen molar-refractivity contribution in [3.05, 3.63) is 157 Å². The van der Waals surface area contributed by atoms with Gasteiger partial charge in [-0.15, -0.1) is 0 Å². The number of fused-ring (bicyclic) bond motifs is 7. The van der Waals surface area contributed by atoms with Crippen molar-refractivity contribution >= 4 is 54.3 Å². The highest BCUT2D eigenvalue weighted by molar-refractivity contribution is 6.27. The van der Waals surface area contributed by atoms with Gasteiger partial charge < -0.3 is 4.42 Å². The highest BCUT2D eigenvalue weighted by Crippen LogP contribution is 2.47. The molecule has 9 rings (SSSR count). The summed E-state index contributed by atoms with van der Waals surface area (Å²) in [6.07, 6.45) is 0. The summed E-state index contributed by atoms with van der Waals surface area (Å²) in [7, 11) is 0. The number of rotatable bonds is 3. The maximum absolute atomic E-state index is 9.30. The molecule has 1 nitrogen and oxygen atoms in total. The quantitative estimate of drug-likeness (QED) is 0.196. The molecule has 43 heavy (non-hydrogen) atoms. The van der Waals surface area contributed by atoms with Crippen LogP contribution >= 0.6 is 0 Å². The Morgan fingerprint density at radius 2 is 1.09 bits per heavy atom. The molecule has 0 aliphatic carbocycles. The summed E-state index contributed by atoms with van der Waals surface area (Å²) < 4.78 is 120. The van der Waals surface area contributed by atoms with Gasteiger partial charge >= 0.3 is 0 Å². The van der Waals surface area contributed by atoms with Gasteiger partial charge in [-0.1, -0.05) is 133 Å². The van der Waals surface area contributed by atoms with Crippen molar-refractivity contribution in [2.75, 3.05) is 0 Å². The van der Waals surface area contributed by atoms with Crippen LogP contribution < -0.4 is 0 Å². The van der Waals surface area contributed by atoms with Crippen LogP contribution in [0.4, 0.5) is 0 Å². The minimum Gasteiger partial charge on any atom is -0.455 e. The Hall–Kier alpha value is -5.66. The van der Waals surface area contributed by atoms with Crippen LogP contribution in [0.2, 0.25) is 0 Å². The topological polar surface area (TPSA) is 13.1 Å². The lowest BCUT2D eigenvalue weighted by Gasteiger charge is -2.18. The smallest absolute Gasteiger partial charge is 0.143 e. The summed E-state index contributed by atoms with van der Waals surface area (Å²) in [5.41, 5.74) is 2.78. The fraction of sp³-hybridized carbons (Fsp3) is 0. The maximum Gasteiger partial charge on any atom is 0.143 e. The molecule has 0 aliphatic heterocycles. The first-order valence-electron chi connectivity index (χ1n) is 20.2. The van der Waals surface area contributed by atoms with Crippen LogP contribution in [0, 0.1) is 0 Å². The molecular formula is C42H26O. The second-order valence-corrected chi connectivity index (χ2v) is 10.3. The summed E-state index contributed by atoms with van der Waals surface area (Å²) >= 11 is 0. The first-order valence-corrected chi connectivity index (χ1v) is 13.7. The Bertz CT molecular complexity index is 3120. The second kappa shape index (κ2) is 9.44. The molecule has 8 aromatic carbocycles. The Labute approximate surface area is 267 Å². The van der Waals surface area contributed by atoms with Gasteiger partial charge in [0.2, 0.25) is 0 Å². The molecule has 0 saturated carbocycles. The van der Waals surface area contributed by atoms with E-state index in [2.05, 4.69) is 0 Å². The molecule has 200 valence electrons. The molecular weight excluding hydrogens is 520 g/mol. The van der Waals surface area contributed by atoms with Gasteiger partial charge in [0.25, 0.3) is 0 Å². The van der Waals surface area contributed by atoms with E-state index in [1.807, 2.05) is 12.1 Å². The molecule has 1 aromatic heterocycles. The van der Waals surface area contributed by atoms with Crippen molar-refractivity contribution in [2.45, 2.75) is 0 Å². The van der Waals surface area contributed by atoms with Gasteiger partial charge in [-0.3, -0.25) is 0 Å². The van der Waals surface area contributed by atoms with Crippen LogP contribution in [0.15, 0.2) is 162 Å². The van der Waals surface area contributed by atoms with E-state index in [0.717, 1.165) is 0 Å². The monoisotopic (exact) mass is 559 g/mol. The van der Waals surface area contributed by atoms with Gasteiger partial charge in [-0.2, -0.15) is 0 Å². The third kappa shape index (κ3) is 3.65. The van der Waals surface area contributed by atoms with Crippen molar-refractivity contribution in [2.24, 2.45) is 0 Å². The molecule has 0 saturated heterocycles. The van der Waals surface area contributed by atoms with Crippen LogP contribution in [-0.2, 0) is 0 Å². The van der Waals surface area contributed by atoms with Crippen molar-refractivity contribution in [1.29, 1.82) is 0 Å². The molecule has 0 atom stereocenters. The summed E-state index contributed by atoms with van der Waals surface area (Å²) in [5, 5.41) is 2.90. The predicted molar refractivity (Wildman–Crippen MR) is 183 cm³/mol. The van der Waals surface area contributed by atoms with E-state index in [1.165, 1.54) is 0 Å². The third-order valence-corrected chi connectivity index (χ3v) is 7.97. The standard InChI is InChI=1S/C42H26O/c1-3-12-27(13-4-1)29-22-24-31-30(26-29)23-25-37-41-36(20-11-21-38(41)43-42(31)37)40-34-18-9-7-16-32(34)39(28-14-5-2-6-15-28)33-17-8-10-19-35(33)40/h1-26H/i1D,3D,4D,7D,8D,9D,10D,12D,13D,16D,17D,18D,19D. The summed E-state index contributed by atoms with van der Waals surface area (Å²) in [5.74, 6) is 0. The first kappa shape index (κ1) is 14.5. The summed E-state index contributed by atoms with van der Waals surface area (Å²) in [6.45, 7) is 0. The third-order valence-electron chi connectivity index (χ3n) is 7.97. The molecule has 0 radical (unpaired) electrons. The zero-order valence-corrected chi connectivity index (χ0v) is 22.4. The summed E-state index contributed by atoms with van der Waals surface area (Å²) in [6, 6.07) is 17.4. The fourth-order valence-corrected chi connectivity index (χ4v) is 6.16.